The first-order valence-corrected chi connectivity index (χ1v) is 13.1. The number of nitrogens with zero attached hydrogens (tertiary/aromatic N) is 5. The lowest BCUT2D eigenvalue weighted by Crippen LogP contribution is -2.57. The molecule has 2 fully saturated rings. The third kappa shape index (κ3) is 7.38. The van der Waals surface area contributed by atoms with Gasteiger partial charge in [-0.1, -0.05) is 22.6 Å². The van der Waals surface area contributed by atoms with E-state index in [0.29, 0.717) is 55.8 Å². The number of nitrogens with one attached hydrogen (secondary N) is 1. The Morgan fingerprint density at radius 1 is 0.892 bits per heavy atom. The minimum atomic E-state index is -2.75. The number of amides is 3. The fourth-order valence-corrected chi connectivity index (χ4v) is 4.62. The first-order chi connectivity index (χ1) is 17.9. The molecule has 12 heteroatoms. The van der Waals surface area contributed by atoms with Crippen LogP contribution in [0.2, 0.25) is 0 Å². The van der Waals surface area contributed by atoms with Crippen LogP contribution in [-0.2, 0) is 10.5 Å². The average molecular weight is 525 g/mol. The molecule has 1 N–H and O–H groups in total. The molecule has 3 heterocycles. The Morgan fingerprint density at radius 3 is 2.16 bits per heavy atom. The lowest BCUT2D eigenvalue weighted by atomic mass is 10.1. The van der Waals surface area contributed by atoms with E-state index in [-0.39, 0.29) is 17.7 Å². The van der Waals surface area contributed by atoms with Gasteiger partial charge in [0.05, 0.1) is 5.69 Å². The highest BCUT2D eigenvalue weighted by atomic mass is 32.2. The van der Waals surface area contributed by atoms with Gasteiger partial charge < -0.3 is 10.2 Å². The van der Waals surface area contributed by atoms with E-state index < -0.39 is 16.5 Å². The van der Waals surface area contributed by atoms with Crippen molar-refractivity contribution in [2.45, 2.75) is 18.9 Å². The zero-order valence-corrected chi connectivity index (χ0v) is 21.0. The topological polar surface area (TPSA) is 132 Å². The lowest BCUT2D eigenvalue weighted by molar-refractivity contribution is -0.0670. The van der Waals surface area contributed by atoms with Gasteiger partial charge in [0.1, 0.15) is 0 Å². The number of rotatable bonds is 6. The van der Waals surface area contributed by atoms with E-state index >= 15 is 0 Å². The van der Waals surface area contributed by atoms with Gasteiger partial charge in [-0.25, -0.2) is 14.8 Å². The fourth-order valence-electron chi connectivity index (χ4n) is 4.44. The molecule has 0 aliphatic carbocycles. The van der Waals surface area contributed by atoms with E-state index in [4.69, 9.17) is 0 Å². The van der Waals surface area contributed by atoms with Crippen LogP contribution in [0, 0.1) is 0 Å². The van der Waals surface area contributed by atoms with Gasteiger partial charge in [0.2, 0.25) is 0 Å². The van der Waals surface area contributed by atoms with Gasteiger partial charge in [0.15, 0.2) is 5.78 Å². The number of piperidine rings is 1. The molecular formula is C25H28N6O5S. The summed E-state index contributed by atoms with van der Waals surface area (Å²) in [5.74, 6) is -0.222. The first kappa shape index (κ1) is 26.3. The summed E-state index contributed by atoms with van der Waals surface area (Å²) in [5.41, 5.74) is 1.74. The Labute approximate surface area is 216 Å². The first-order valence-electron chi connectivity index (χ1n) is 12.0. The smallest absolute Gasteiger partial charge is 0.336 e. The van der Waals surface area contributed by atoms with E-state index in [1.165, 1.54) is 6.08 Å². The number of carbonyl (C=O) groups is 3. The molecule has 2 aliphatic heterocycles. The van der Waals surface area contributed by atoms with Gasteiger partial charge in [0, 0.05) is 62.6 Å². The Hall–Kier alpha value is -3.74. The number of benzene rings is 1. The van der Waals surface area contributed by atoms with E-state index in [1.54, 1.807) is 36.5 Å². The fraction of sp³-hybridized carbons (Fsp3) is 0.360. The van der Waals surface area contributed by atoms with Crippen molar-refractivity contribution >= 4 is 34.3 Å². The maximum Gasteiger partial charge on any atom is 0.356 e. The molecule has 194 valence electrons. The minimum Gasteiger partial charge on any atom is -0.336 e. The van der Waals surface area contributed by atoms with Crippen LogP contribution < -0.4 is 5.32 Å². The third-order valence-electron chi connectivity index (χ3n) is 6.41. The number of hydrogen-bond acceptors (Lipinski definition) is 8. The molecule has 0 bridgehead atoms. The van der Waals surface area contributed by atoms with Crippen LogP contribution in [0.4, 0.5) is 4.79 Å². The van der Waals surface area contributed by atoms with Crippen LogP contribution in [-0.4, -0.2) is 91.4 Å². The Kier molecular flexibility index (Phi) is 8.88. The van der Waals surface area contributed by atoms with Crippen LogP contribution in [0.3, 0.4) is 0 Å². The van der Waals surface area contributed by atoms with E-state index in [0.717, 1.165) is 13.1 Å². The third-order valence-corrected chi connectivity index (χ3v) is 6.72. The summed E-state index contributed by atoms with van der Waals surface area (Å²) >= 11 is 0. The molecule has 0 atom stereocenters. The van der Waals surface area contributed by atoms with Gasteiger partial charge >= 0.3 is 16.5 Å². The van der Waals surface area contributed by atoms with E-state index in [9.17, 15) is 22.8 Å². The van der Waals surface area contributed by atoms with E-state index in [1.807, 2.05) is 23.1 Å². The normalized spacial score (nSPS) is 17.5. The minimum absolute atomic E-state index is 0.0661. The number of ketones is 1. The SMILES string of the molecule is O=C(N=S(=O)=O)NC1CCN(N2CCN(C(=O)c3ccc(C(=O)C=Cc4ccccn4)cc3)CC2)CC1. The Morgan fingerprint density at radius 2 is 1.54 bits per heavy atom. The molecule has 2 aliphatic rings. The number of piperazine rings is 1. The molecule has 2 saturated heterocycles. The summed E-state index contributed by atoms with van der Waals surface area (Å²) in [6, 6.07) is 11.2. The molecule has 0 spiro atoms. The van der Waals surface area contributed by atoms with Crippen molar-refractivity contribution < 1.29 is 22.8 Å². The lowest BCUT2D eigenvalue weighted by Gasteiger charge is -2.44. The molecule has 0 unspecified atom stereocenters. The Balaban J connectivity index is 1.23. The van der Waals surface area contributed by atoms with Crippen LogP contribution >= 0.6 is 0 Å². The molecule has 11 nitrogen and oxygen atoms in total. The van der Waals surface area contributed by atoms with Crippen molar-refractivity contribution in [3.05, 3.63) is 71.6 Å². The highest BCUT2D eigenvalue weighted by Gasteiger charge is 2.29. The molecule has 37 heavy (non-hydrogen) atoms. The van der Waals surface area contributed by atoms with Crippen LogP contribution in [0.25, 0.3) is 6.08 Å². The van der Waals surface area contributed by atoms with Crippen molar-refractivity contribution in [1.82, 2.24) is 25.2 Å². The molecule has 1 aromatic heterocycles. The van der Waals surface area contributed by atoms with Crippen LogP contribution in [0.1, 0.15) is 39.3 Å². The summed E-state index contributed by atoms with van der Waals surface area (Å²) < 4.78 is 23.9. The number of aromatic nitrogens is 1. The molecule has 4 rings (SSSR count). The van der Waals surface area contributed by atoms with Crippen molar-refractivity contribution in [3.8, 4) is 0 Å². The van der Waals surface area contributed by atoms with Gasteiger partial charge in [-0.2, -0.15) is 8.42 Å². The predicted molar refractivity (Wildman–Crippen MR) is 136 cm³/mol. The van der Waals surface area contributed by atoms with Crippen molar-refractivity contribution in [2.75, 3.05) is 39.3 Å². The molecule has 3 amide bonds. The maximum absolute atomic E-state index is 13.0. The van der Waals surface area contributed by atoms with Crippen LogP contribution in [0.5, 0.6) is 0 Å². The Bertz CT molecular complexity index is 1270. The van der Waals surface area contributed by atoms with Gasteiger partial charge in [-0.05, 0) is 49.3 Å². The second-order valence-electron chi connectivity index (χ2n) is 8.76. The van der Waals surface area contributed by atoms with Crippen molar-refractivity contribution in [2.24, 2.45) is 4.36 Å². The number of carbonyl (C=O) groups excluding carboxylic acids is 3. The number of allylic oxidation sites excluding steroid dienone is 1. The van der Waals surface area contributed by atoms with Gasteiger partial charge in [-0.15, -0.1) is 0 Å². The van der Waals surface area contributed by atoms with Gasteiger partial charge in [-0.3, -0.25) is 14.6 Å². The zero-order valence-electron chi connectivity index (χ0n) is 20.2. The summed E-state index contributed by atoms with van der Waals surface area (Å²) in [6.45, 7) is 4.01. The monoisotopic (exact) mass is 524 g/mol. The summed E-state index contributed by atoms with van der Waals surface area (Å²) in [7, 11) is -2.75. The highest BCUT2D eigenvalue weighted by Crippen LogP contribution is 2.17. The summed E-state index contributed by atoms with van der Waals surface area (Å²) in [4.78, 5) is 42.9. The molecule has 2 aromatic rings. The van der Waals surface area contributed by atoms with Crippen molar-refractivity contribution in [1.29, 1.82) is 0 Å². The largest absolute Gasteiger partial charge is 0.356 e. The second kappa shape index (κ2) is 12.5. The van der Waals surface area contributed by atoms with Gasteiger partial charge in [0.25, 0.3) is 5.91 Å². The summed E-state index contributed by atoms with van der Waals surface area (Å²) in [6.07, 6.45) is 6.17. The summed E-state index contributed by atoms with van der Waals surface area (Å²) in [5, 5.41) is 7.05. The molecular weight excluding hydrogens is 496 g/mol. The zero-order chi connectivity index (χ0) is 26.2. The molecule has 0 radical (unpaired) electrons. The molecule has 0 saturated carbocycles. The number of hydrazine groups is 1. The number of hydrogen-bond donors (Lipinski definition) is 1. The number of urea groups is 1. The van der Waals surface area contributed by atoms with Crippen molar-refractivity contribution in [3.63, 3.8) is 0 Å². The average Bonchev–Trinajstić information content (AvgIpc) is 2.92. The van der Waals surface area contributed by atoms with Crippen LogP contribution in [0.15, 0.2) is 59.1 Å². The quantitative estimate of drug-likeness (QED) is 0.448. The maximum atomic E-state index is 13.0. The molecule has 1 aromatic carbocycles. The number of pyridine rings is 1. The van der Waals surface area contributed by atoms with E-state index in [2.05, 4.69) is 24.7 Å². The highest BCUT2D eigenvalue weighted by molar-refractivity contribution is 7.62. The standard InChI is InChI=1S/C25H28N6O5S/c32-23(9-8-21-3-1-2-12-26-21)19-4-6-20(7-5-19)24(33)29-15-17-31(18-16-29)30-13-10-22(11-14-30)27-25(34)28-37(35)36/h1-9,12,22H,10-11,13-18H2,(H,27,34). The second-order valence-corrected chi connectivity index (χ2v) is 9.38. The predicted octanol–water partition coefficient (Wildman–Crippen LogP) is 1.89.